The number of hydrogen-bond donors (Lipinski definition) is 0. The number of rotatable bonds is 2. The van der Waals surface area contributed by atoms with Crippen LogP contribution in [0.2, 0.25) is 5.02 Å². The molecule has 2 aromatic rings. The van der Waals surface area contributed by atoms with Crippen molar-refractivity contribution in [3.05, 3.63) is 45.0 Å². The van der Waals surface area contributed by atoms with E-state index in [0.29, 0.717) is 0 Å². The number of oxazole rings is 1. The van der Waals surface area contributed by atoms with Crippen molar-refractivity contribution in [1.82, 2.24) is 4.98 Å². The Balaban J connectivity index is 2.57. The van der Waals surface area contributed by atoms with Crippen molar-refractivity contribution in [2.75, 3.05) is 0 Å². The highest BCUT2D eigenvalue weighted by molar-refractivity contribution is 6.33. The van der Waals surface area contributed by atoms with Crippen molar-refractivity contribution >= 4 is 17.3 Å². The molecule has 0 amide bonds. The van der Waals surface area contributed by atoms with Crippen molar-refractivity contribution in [1.29, 1.82) is 0 Å². The van der Waals surface area contributed by atoms with Crippen LogP contribution in [-0.2, 0) is 0 Å². The van der Waals surface area contributed by atoms with Gasteiger partial charge in [-0.25, -0.2) is 4.98 Å². The highest BCUT2D eigenvalue weighted by Crippen LogP contribution is 2.31. The summed E-state index contributed by atoms with van der Waals surface area (Å²) < 4.78 is 17.7. The molecule has 7 heteroatoms. The molecule has 0 aliphatic rings. The first kappa shape index (κ1) is 11.5. The zero-order valence-electron chi connectivity index (χ0n) is 8.61. The molecule has 0 aliphatic carbocycles. The Hall–Kier alpha value is -1.95. The maximum Gasteiger partial charge on any atom is 0.301 e. The molecule has 17 heavy (non-hydrogen) atoms. The van der Waals surface area contributed by atoms with Crippen molar-refractivity contribution < 1.29 is 13.7 Å². The van der Waals surface area contributed by atoms with Crippen LogP contribution >= 0.6 is 11.6 Å². The van der Waals surface area contributed by atoms with Crippen molar-refractivity contribution in [2.24, 2.45) is 0 Å². The molecule has 2 rings (SSSR count). The minimum Gasteiger partial charge on any atom is -0.411 e. The zero-order valence-corrected chi connectivity index (χ0v) is 9.36. The lowest BCUT2D eigenvalue weighted by Gasteiger charge is -1.98. The van der Waals surface area contributed by atoms with Gasteiger partial charge in [-0.05, 0) is 13.0 Å². The molecule has 1 heterocycles. The van der Waals surface area contributed by atoms with Gasteiger partial charge >= 0.3 is 6.01 Å². The van der Waals surface area contributed by atoms with Gasteiger partial charge in [0.1, 0.15) is 5.69 Å². The largest absolute Gasteiger partial charge is 0.411 e. The van der Waals surface area contributed by atoms with E-state index in [-0.39, 0.29) is 27.9 Å². The zero-order chi connectivity index (χ0) is 12.6. The van der Waals surface area contributed by atoms with Gasteiger partial charge in [0.15, 0.2) is 0 Å². The number of aromatic nitrogens is 1. The number of nitrogens with zero attached hydrogens (tertiary/aromatic N) is 2. The van der Waals surface area contributed by atoms with Crippen molar-refractivity contribution in [2.45, 2.75) is 6.92 Å². The second-order valence-corrected chi connectivity index (χ2v) is 3.71. The lowest BCUT2D eigenvalue weighted by molar-refractivity contribution is -0.384. The molecule has 0 atom stereocenters. The summed E-state index contributed by atoms with van der Waals surface area (Å²) in [7, 11) is 0. The molecular weight excluding hydrogens is 251 g/mol. The molecule has 0 unspecified atom stereocenters. The van der Waals surface area contributed by atoms with E-state index in [1.54, 1.807) is 0 Å². The predicted octanol–water partition coefficient (Wildman–Crippen LogP) is 3.35. The fraction of sp³-hybridized carbons (Fsp3) is 0.100. The van der Waals surface area contributed by atoms with Crippen LogP contribution in [0.3, 0.4) is 0 Å². The van der Waals surface area contributed by atoms with Gasteiger partial charge in [0.05, 0.1) is 15.5 Å². The molecule has 0 saturated carbocycles. The van der Waals surface area contributed by atoms with Gasteiger partial charge in [-0.2, -0.15) is 4.39 Å². The van der Waals surface area contributed by atoms with Gasteiger partial charge in [-0.3, -0.25) is 10.1 Å². The molecule has 1 aromatic carbocycles. The van der Waals surface area contributed by atoms with Crippen LogP contribution in [0, 0.1) is 23.1 Å². The topological polar surface area (TPSA) is 69.2 Å². The number of benzene rings is 1. The third-order valence-electron chi connectivity index (χ3n) is 2.13. The van der Waals surface area contributed by atoms with Crippen LogP contribution in [0.1, 0.15) is 5.69 Å². The smallest absolute Gasteiger partial charge is 0.301 e. The van der Waals surface area contributed by atoms with Crippen LogP contribution in [0.25, 0.3) is 11.5 Å². The lowest BCUT2D eigenvalue weighted by Crippen LogP contribution is -1.89. The first-order valence-corrected chi connectivity index (χ1v) is 4.94. The van der Waals surface area contributed by atoms with E-state index in [2.05, 4.69) is 4.98 Å². The third kappa shape index (κ3) is 2.12. The molecule has 0 N–H and O–H groups in total. The minimum atomic E-state index is -0.831. The van der Waals surface area contributed by atoms with Crippen LogP contribution < -0.4 is 0 Å². The van der Waals surface area contributed by atoms with E-state index in [0.717, 1.165) is 0 Å². The average Bonchev–Trinajstić information content (AvgIpc) is 2.59. The van der Waals surface area contributed by atoms with Gasteiger partial charge < -0.3 is 4.42 Å². The highest BCUT2D eigenvalue weighted by Gasteiger charge is 2.17. The van der Waals surface area contributed by atoms with Gasteiger partial charge in [0, 0.05) is 12.1 Å². The number of nitro groups is 1. The molecule has 1 aromatic heterocycles. The van der Waals surface area contributed by atoms with Gasteiger partial charge in [-0.1, -0.05) is 11.6 Å². The summed E-state index contributed by atoms with van der Waals surface area (Å²) in [6.07, 6.45) is 0. The van der Waals surface area contributed by atoms with Gasteiger partial charge in [0.2, 0.25) is 5.89 Å². The van der Waals surface area contributed by atoms with E-state index in [1.165, 1.54) is 25.1 Å². The molecule has 0 radical (unpaired) electrons. The SMILES string of the molecule is Cc1nc(-c2cc([N+](=O)[O-])ccc2Cl)oc1F. The predicted molar refractivity (Wildman–Crippen MR) is 58.3 cm³/mol. The van der Waals surface area contributed by atoms with E-state index >= 15 is 0 Å². The van der Waals surface area contributed by atoms with Crippen LogP contribution in [0.15, 0.2) is 22.6 Å². The second kappa shape index (κ2) is 4.14. The van der Waals surface area contributed by atoms with Gasteiger partial charge in [-0.15, -0.1) is 0 Å². The standard InChI is InChI=1S/C10H6ClFN2O3/c1-5-9(12)17-10(13-5)7-4-6(14(15)16)2-3-8(7)11/h2-4H,1H3. The van der Waals surface area contributed by atoms with Crippen molar-refractivity contribution in [3.8, 4) is 11.5 Å². The quantitative estimate of drug-likeness (QED) is 0.610. The third-order valence-corrected chi connectivity index (χ3v) is 2.46. The van der Waals surface area contributed by atoms with E-state index in [4.69, 9.17) is 16.0 Å². The summed E-state index contributed by atoms with van der Waals surface area (Å²) in [6.45, 7) is 1.42. The van der Waals surface area contributed by atoms with Crippen LogP contribution in [-0.4, -0.2) is 9.91 Å². The molecule has 0 spiro atoms. The number of aryl methyl sites for hydroxylation is 1. The molecule has 5 nitrogen and oxygen atoms in total. The fourth-order valence-electron chi connectivity index (χ4n) is 1.28. The van der Waals surface area contributed by atoms with E-state index in [9.17, 15) is 14.5 Å². The number of non-ortho nitro benzene ring substituents is 1. The normalized spacial score (nSPS) is 10.5. The fourth-order valence-corrected chi connectivity index (χ4v) is 1.48. The Morgan fingerprint density at radius 2 is 2.24 bits per heavy atom. The van der Waals surface area contributed by atoms with E-state index in [1.807, 2.05) is 0 Å². The lowest BCUT2D eigenvalue weighted by atomic mass is 10.2. The summed E-state index contributed by atoms with van der Waals surface area (Å²) in [4.78, 5) is 13.8. The summed E-state index contributed by atoms with van der Waals surface area (Å²) in [5.41, 5.74) is 0.0936. The number of hydrogen-bond acceptors (Lipinski definition) is 4. The minimum absolute atomic E-state index is 0.0718. The maximum absolute atomic E-state index is 13.0. The van der Waals surface area contributed by atoms with Crippen molar-refractivity contribution in [3.63, 3.8) is 0 Å². The number of halogens is 2. The molecule has 0 bridgehead atoms. The summed E-state index contributed by atoms with van der Waals surface area (Å²) in [6, 6.07) is 2.94. The first-order chi connectivity index (χ1) is 7.99. The van der Waals surface area contributed by atoms with E-state index < -0.39 is 10.9 Å². The van der Waals surface area contributed by atoms with Gasteiger partial charge in [0.25, 0.3) is 5.69 Å². The summed E-state index contributed by atoms with van der Waals surface area (Å²) >= 11 is 5.85. The first-order valence-electron chi connectivity index (χ1n) is 4.56. The summed E-state index contributed by atoms with van der Waals surface area (Å²) in [5, 5.41) is 10.8. The molecule has 0 fully saturated rings. The molecular formula is C10H6ClFN2O3. The highest BCUT2D eigenvalue weighted by atomic mass is 35.5. The Bertz CT molecular complexity index is 578. The Morgan fingerprint density at radius 1 is 1.53 bits per heavy atom. The average molecular weight is 257 g/mol. The Kier molecular flexibility index (Phi) is 2.81. The number of nitro benzene ring substituents is 1. The van der Waals surface area contributed by atoms with Crippen LogP contribution in [0.4, 0.5) is 10.1 Å². The molecule has 0 saturated heterocycles. The summed E-state index contributed by atoms with van der Waals surface area (Å²) in [5.74, 6) is -0.0753. The van der Waals surface area contributed by atoms with Crippen LogP contribution in [0.5, 0.6) is 0 Å². The molecule has 0 aliphatic heterocycles. The second-order valence-electron chi connectivity index (χ2n) is 3.30. The maximum atomic E-state index is 13.0. The monoisotopic (exact) mass is 256 g/mol. The Morgan fingerprint density at radius 3 is 2.76 bits per heavy atom. The molecule has 88 valence electrons. The Labute approximate surface area is 100.0 Å².